The minimum Gasteiger partial charge on any atom is -0.548 e. The van der Waals surface area contributed by atoms with Crippen LogP contribution in [0.5, 0.6) is 0 Å². The Labute approximate surface area is 105 Å². The van der Waals surface area contributed by atoms with Crippen LogP contribution in [0.4, 0.5) is 9.59 Å². The van der Waals surface area contributed by atoms with E-state index in [1.807, 2.05) is 0 Å². The molecule has 10 nitrogen and oxygen atoms in total. The van der Waals surface area contributed by atoms with E-state index in [4.69, 9.17) is 10.2 Å². The van der Waals surface area contributed by atoms with Gasteiger partial charge in [0.15, 0.2) is 0 Å². The molecule has 0 aromatic rings. The summed E-state index contributed by atoms with van der Waals surface area (Å²) in [6.07, 6.45) is -2.94. The SMILES string of the molecule is O=C(O)CNC(=O)O.O=C([O-])CNC(=O)[O-].[Ni+2]. The molecule has 0 saturated heterocycles. The van der Waals surface area contributed by atoms with Gasteiger partial charge in [-0.1, -0.05) is 0 Å². The second kappa shape index (κ2) is 12.0. The zero-order chi connectivity index (χ0) is 13.1. The molecular formula is C6H8N2NiO8. The predicted molar refractivity (Wildman–Crippen MR) is 42.1 cm³/mol. The van der Waals surface area contributed by atoms with E-state index in [9.17, 15) is 29.4 Å². The predicted octanol–water partition coefficient (Wildman–Crippen LogP) is -3.99. The van der Waals surface area contributed by atoms with Crippen LogP contribution in [0.2, 0.25) is 0 Å². The van der Waals surface area contributed by atoms with Crippen LogP contribution in [0.3, 0.4) is 0 Å². The number of hydrogen-bond donors (Lipinski definition) is 4. The van der Waals surface area contributed by atoms with Crippen molar-refractivity contribution in [2.24, 2.45) is 0 Å². The molecule has 0 aliphatic rings. The molecule has 100 valence electrons. The Morgan fingerprint density at radius 1 is 0.941 bits per heavy atom. The van der Waals surface area contributed by atoms with Gasteiger partial charge in [0.25, 0.3) is 0 Å². The molecule has 0 aliphatic heterocycles. The van der Waals surface area contributed by atoms with E-state index in [1.54, 1.807) is 5.32 Å². The monoisotopic (exact) mass is 294 g/mol. The molecule has 0 saturated carbocycles. The Hall–Kier alpha value is -2.03. The molecule has 0 radical (unpaired) electrons. The quantitative estimate of drug-likeness (QED) is 0.379. The van der Waals surface area contributed by atoms with Crippen LogP contribution in [-0.4, -0.2) is 47.4 Å². The van der Waals surface area contributed by atoms with Crippen molar-refractivity contribution in [1.82, 2.24) is 10.6 Å². The minimum atomic E-state index is -1.62. The van der Waals surface area contributed by atoms with Gasteiger partial charge in [-0.2, -0.15) is 0 Å². The Kier molecular flexibility index (Phi) is 14.4. The van der Waals surface area contributed by atoms with Gasteiger partial charge in [-0.3, -0.25) is 4.79 Å². The van der Waals surface area contributed by atoms with Gasteiger partial charge in [0.1, 0.15) is 12.6 Å². The Morgan fingerprint density at radius 3 is 1.53 bits per heavy atom. The molecule has 0 aliphatic carbocycles. The molecule has 0 fully saturated rings. The van der Waals surface area contributed by atoms with Crippen molar-refractivity contribution in [3.8, 4) is 0 Å². The number of carboxylic acid groups (broad SMARTS) is 4. The van der Waals surface area contributed by atoms with Crippen molar-refractivity contribution in [2.45, 2.75) is 0 Å². The first kappa shape index (κ1) is 20.4. The molecule has 11 heteroatoms. The molecule has 0 atom stereocenters. The van der Waals surface area contributed by atoms with E-state index >= 15 is 0 Å². The number of aliphatic carboxylic acids is 2. The smallest absolute Gasteiger partial charge is 0.548 e. The molecule has 2 amide bonds. The first-order chi connectivity index (χ1) is 7.25. The van der Waals surface area contributed by atoms with Crippen LogP contribution >= 0.6 is 0 Å². The first-order valence-electron chi connectivity index (χ1n) is 3.59. The van der Waals surface area contributed by atoms with Gasteiger partial charge in [-0.05, 0) is 0 Å². The van der Waals surface area contributed by atoms with E-state index in [1.165, 1.54) is 5.32 Å². The zero-order valence-corrected chi connectivity index (χ0v) is 9.06. The van der Waals surface area contributed by atoms with Gasteiger partial charge < -0.3 is 40.6 Å². The zero-order valence-electron chi connectivity index (χ0n) is 8.07. The average Bonchev–Trinajstić information content (AvgIpc) is 2.12. The second-order valence-electron chi connectivity index (χ2n) is 2.07. The normalized spacial score (nSPS) is 7.53. The van der Waals surface area contributed by atoms with Gasteiger partial charge in [-0.25, -0.2) is 4.79 Å². The summed E-state index contributed by atoms with van der Waals surface area (Å²) in [5, 5.41) is 37.6. The largest absolute Gasteiger partial charge is 2.00 e. The number of amides is 2. The standard InChI is InChI=1S/2C3H5NO4.Ni/c2*5-2(6)1-4-3(7)8;/h2*4H,1H2,(H,5,6)(H,7,8);/q;;+2/p-2. The summed E-state index contributed by atoms with van der Waals surface area (Å²) in [4.78, 5) is 37.9. The number of carboxylic acids is 2. The number of rotatable bonds is 4. The minimum absolute atomic E-state index is 0. The second-order valence-corrected chi connectivity index (χ2v) is 2.07. The van der Waals surface area contributed by atoms with Crippen LogP contribution in [-0.2, 0) is 26.1 Å². The van der Waals surface area contributed by atoms with E-state index in [-0.39, 0.29) is 16.5 Å². The van der Waals surface area contributed by atoms with Crippen LogP contribution < -0.4 is 20.8 Å². The maximum Gasteiger partial charge on any atom is 2.00 e. The summed E-state index contributed by atoms with van der Waals surface area (Å²) in [5.41, 5.74) is 0. The van der Waals surface area contributed by atoms with E-state index in [0.717, 1.165) is 0 Å². The maximum absolute atomic E-state index is 9.58. The van der Waals surface area contributed by atoms with E-state index in [0.29, 0.717) is 0 Å². The van der Waals surface area contributed by atoms with Crippen LogP contribution in [0, 0.1) is 0 Å². The van der Waals surface area contributed by atoms with Gasteiger partial charge in [0.05, 0.1) is 12.5 Å². The molecule has 0 aromatic heterocycles. The first-order valence-corrected chi connectivity index (χ1v) is 3.59. The Morgan fingerprint density at radius 2 is 1.41 bits per heavy atom. The molecule has 4 N–H and O–H groups in total. The molecule has 0 heterocycles. The fourth-order valence-electron chi connectivity index (χ4n) is 0.296. The van der Waals surface area contributed by atoms with Crippen molar-refractivity contribution in [3.63, 3.8) is 0 Å². The van der Waals surface area contributed by atoms with Gasteiger partial charge >= 0.3 is 28.6 Å². The number of carbonyl (C=O) groups is 4. The van der Waals surface area contributed by atoms with Crippen molar-refractivity contribution in [1.29, 1.82) is 0 Å². The van der Waals surface area contributed by atoms with E-state index in [2.05, 4.69) is 0 Å². The molecule has 17 heavy (non-hydrogen) atoms. The van der Waals surface area contributed by atoms with Crippen LogP contribution in [0.15, 0.2) is 0 Å². The molecule has 0 aromatic carbocycles. The number of nitrogens with one attached hydrogen (secondary N) is 2. The molecular weight excluding hydrogens is 287 g/mol. The summed E-state index contributed by atoms with van der Waals surface area (Å²) in [5.74, 6) is -2.67. The number of hydrogen-bond acceptors (Lipinski definition) is 6. The summed E-state index contributed by atoms with van der Waals surface area (Å²) < 4.78 is 0. The van der Waals surface area contributed by atoms with Crippen molar-refractivity contribution in [3.05, 3.63) is 0 Å². The van der Waals surface area contributed by atoms with Gasteiger partial charge in [-0.15, -0.1) is 0 Å². The maximum atomic E-state index is 9.58. The third-order valence-corrected chi connectivity index (χ3v) is 0.768. The fourth-order valence-corrected chi connectivity index (χ4v) is 0.296. The van der Waals surface area contributed by atoms with Crippen molar-refractivity contribution in [2.75, 3.05) is 13.1 Å². The van der Waals surface area contributed by atoms with Crippen LogP contribution in [0.1, 0.15) is 0 Å². The topological polar surface area (TPSA) is 179 Å². The summed E-state index contributed by atoms with van der Waals surface area (Å²) in [6.45, 7) is -1.27. The van der Waals surface area contributed by atoms with E-state index < -0.39 is 37.2 Å². The van der Waals surface area contributed by atoms with Crippen molar-refractivity contribution < 1.29 is 56.1 Å². The van der Waals surface area contributed by atoms with Crippen molar-refractivity contribution >= 4 is 24.1 Å². The Bertz CT molecular complexity index is 225. The molecule has 0 unspecified atom stereocenters. The fraction of sp³-hybridized carbons (Fsp3) is 0.333. The molecule has 0 rings (SSSR count). The van der Waals surface area contributed by atoms with Gasteiger partial charge in [0.2, 0.25) is 0 Å². The number of carbonyl (C=O) groups excluding carboxylic acids is 2. The summed E-state index contributed by atoms with van der Waals surface area (Å²) >= 11 is 0. The third kappa shape index (κ3) is 31.5. The average molecular weight is 295 g/mol. The van der Waals surface area contributed by atoms with Gasteiger partial charge in [0, 0.05) is 0 Å². The molecule has 0 spiro atoms. The summed E-state index contributed by atoms with van der Waals surface area (Å²) in [7, 11) is 0. The Balaban J connectivity index is -0.000000218. The third-order valence-electron chi connectivity index (χ3n) is 0.768. The molecule has 0 bridgehead atoms. The summed E-state index contributed by atoms with van der Waals surface area (Å²) in [6, 6.07) is 0. The van der Waals surface area contributed by atoms with Crippen LogP contribution in [0.25, 0.3) is 0 Å².